The molecule has 2 aromatic rings. The van der Waals surface area contributed by atoms with Gasteiger partial charge in [-0.15, -0.1) is 0 Å². The summed E-state index contributed by atoms with van der Waals surface area (Å²) in [6, 6.07) is 5.68. The van der Waals surface area contributed by atoms with E-state index in [-0.39, 0.29) is 0 Å². The lowest BCUT2D eigenvalue weighted by Gasteiger charge is -2.03. The number of rotatable bonds is 3. The number of nitrogens with zero attached hydrogens (tertiary/aromatic N) is 3. The van der Waals surface area contributed by atoms with Crippen LogP contribution in [-0.2, 0) is 0 Å². The lowest BCUT2D eigenvalue weighted by atomic mass is 10.4. The summed E-state index contributed by atoms with van der Waals surface area (Å²) in [6.45, 7) is 0. The van der Waals surface area contributed by atoms with E-state index in [9.17, 15) is 0 Å². The summed E-state index contributed by atoms with van der Waals surface area (Å²) in [5.74, 6) is 1.36. The largest absolute Gasteiger partial charge is 0.248 e. The average molecular weight is 343 g/mol. The second-order valence-electron chi connectivity index (χ2n) is 4.08. The van der Waals surface area contributed by atoms with E-state index in [4.69, 9.17) is 11.6 Å². The molecule has 6 heteroatoms. The lowest BCUT2D eigenvalue weighted by molar-refractivity contribution is 0.877. The van der Waals surface area contributed by atoms with E-state index in [1.54, 1.807) is 12.3 Å². The molecule has 0 amide bonds. The van der Waals surface area contributed by atoms with E-state index in [1.807, 2.05) is 12.1 Å². The molecule has 0 bridgehead atoms. The minimum absolute atomic E-state index is 0.501. The van der Waals surface area contributed by atoms with Crippen LogP contribution in [0.5, 0.6) is 0 Å². The third-order valence-electron chi connectivity index (χ3n) is 2.54. The topological polar surface area (TPSA) is 38.7 Å². The molecule has 18 heavy (non-hydrogen) atoms. The van der Waals surface area contributed by atoms with Crippen molar-refractivity contribution in [2.24, 2.45) is 0 Å². The Balaban J connectivity index is 1.85. The highest BCUT2D eigenvalue weighted by Crippen LogP contribution is 2.39. The van der Waals surface area contributed by atoms with Crippen LogP contribution in [0.25, 0.3) is 0 Å². The zero-order chi connectivity index (χ0) is 12.5. The Morgan fingerprint density at radius 2 is 2.06 bits per heavy atom. The SMILES string of the molecule is Clc1cc(Sc2ccc(Br)cn2)nc(C2CC2)n1. The van der Waals surface area contributed by atoms with Crippen molar-refractivity contribution in [1.82, 2.24) is 15.0 Å². The summed E-state index contributed by atoms with van der Waals surface area (Å²) in [7, 11) is 0. The molecular formula is C12H9BrClN3S. The van der Waals surface area contributed by atoms with Crippen LogP contribution in [0.4, 0.5) is 0 Å². The smallest absolute Gasteiger partial charge is 0.134 e. The molecule has 0 N–H and O–H groups in total. The van der Waals surface area contributed by atoms with Gasteiger partial charge in [0, 0.05) is 22.7 Å². The summed E-state index contributed by atoms with van der Waals surface area (Å²) in [5, 5.41) is 2.26. The van der Waals surface area contributed by atoms with E-state index < -0.39 is 0 Å². The predicted molar refractivity (Wildman–Crippen MR) is 75.1 cm³/mol. The molecule has 0 atom stereocenters. The van der Waals surface area contributed by atoms with Gasteiger partial charge in [0.25, 0.3) is 0 Å². The number of halogens is 2. The first kappa shape index (κ1) is 12.4. The molecule has 0 spiro atoms. The van der Waals surface area contributed by atoms with Gasteiger partial charge in [-0.2, -0.15) is 0 Å². The van der Waals surface area contributed by atoms with Gasteiger partial charge in [-0.1, -0.05) is 11.6 Å². The fourth-order valence-electron chi connectivity index (χ4n) is 1.52. The number of hydrogen-bond donors (Lipinski definition) is 0. The maximum Gasteiger partial charge on any atom is 0.134 e. The van der Waals surface area contributed by atoms with E-state index in [1.165, 1.54) is 24.6 Å². The van der Waals surface area contributed by atoms with Gasteiger partial charge < -0.3 is 0 Å². The molecule has 1 saturated carbocycles. The Morgan fingerprint density at radius 3 is 2.72 bits per heavy atom. The van der Waals surface area contributed by atoms with Crippen molar-refractivity contribution in [1.29, 1.82) is 0 Å². The van der Waals surface area contributed by atoms with Gasteiger partial charge >= 0.3 is 0 Å². The van der Waals surface area contributed by atoms with Crippen LogP contribution in [0.1, 0.15) is 24.6 Å². The van der Waals surface area contributed by atoms with E-state index in [0.717, 1.165) is 20.3 Å². The van der Waals surface area contributed by atoms with Crippen LogP contribution in [0, 0.1) is 0 Å². The summed E-state index contributed by atoms with van der Waals surface area (Å²) in [4.78, 5) is 13.1. The number of pyridine rings is 1. The minimum Gasteiger partial charge on any atom is -0.248 e. The lowest BCUT2D eigenvalue weighted by Crippen LogP contribution is -1.94. The van der Waals surface area contributed by atoms with Crippen LogP contribution >= 0.6 is 39.3 Å². The van der Waals surface area contributed by atoms with Crippen molar-refractivity contribution >= 4 is 39.3 Å². The van der Waals surface area contributed by atoms with Crippen molar-refractivity contribution in [2.45, 2.75) is 28.8 Å². The van der Waals surface area contributed by atoms with Gasteiger partial charge in [0.2, 0.25) is 0 Å². The maximum absolute atomic E-state index is 6.02. The molecule has 0 aromatic carbocycles. The Hall–Kier alpha value is -0.650. The normalized spacial score (nSPS) is 14.8. The monoisotopic (exact) mass is 341 g/mol. The molecule has 0 saturated heterocycles. The van der Waals surface area contributed by atoms with Gasteiger partial charge in [-0.3, -0.25) is 0 Å². The molecule has 2 heterocycles. The minimum atomic E-state index is 0.501. The molecule has 1 fully saturated rings. The second kappa shape index (κ2) is 5.15. The molecule has 0 radical (unpaired) electrons. The molecule has 1 aliphatic carbocycles. The van der Waals surface area contributed by atoms with Crippen LogP contribution < -0.4 is 0 Å². The predicted octanol–water partition coefficient (Wildman–Crippen LogP) is 4.32. The summed E-state index contributed by atoms with van der Waals surface area (Å²) in [5.41, 5.74) is 0. The van der Waals surface area contributed by atoms with E-state index in [2.05, 4.69) is 30.9 Å². The number of hydrogen-bond acceptors (Lipinski definition) is 4. The standard InChI is InChI=1S/C12H9BrClN3S/c13-8-3-4-10(15-6-8)18-11-5-9(14)16-12(17-11)7-1-2-7/h3-7H,1-2H2. The molecule has 0 aliphatic heterocycles. The van der Waals surface area contributed by atoms with E-state index >= 15 is 0 Å². The molecule has 3 nitrogen and oxygen atoms in total. The fourth-order valence-corrected chi connectivity index (χ4v) is 2.77. The average Bonchev–Trinajstić information content (AvgIpc) is 3.15. The summed E-state index contributed by atoms with van der Waals surface area (Å²) >= 11 is 10.9. The molecule has 92 valence electrons. The summed E-state index contributed by atoms with van der Waals surface area (Å²) in [6.07, 6.45) is 4.11. The molecule has 2 aromatic heterocycles. The highest BCUT2D eigenvalue weighted by Gasteiger charge is 2.27. The van der Waals surface area contributed by atoms with Gasteiger partial charge in [-0.25, -0.2) is 15.0 Å². The van der Waals surface area contributed by atoms with Gasteiger partial charge in [-0.05, 0) is 52.7 Å². The van der Waals surface area contributed by atoms with Crippen molar-refractivity contribution < 1.29 is 0 Å². The zero-order valence-corrected chi connectivity index (χ0v) is 12.5. The quantitative estimate of drug-likeness (QED) is 0.779. The van der Waals surface area contributed by atoms with Gasteiger partial charge in [0.15, 0.2) is 0 Å². The first-order chi connectivity index (χ1) is 8.70. The van der Waals surface area contributed by atoms with Gasteiger partial charge in [0.1, 0.15) is 21.0 Å². The number of aromatic nitrogens is 3. The van der Waals surface area contributed by atoms with Gasteiger partial charge in [0.05, 0.1) is 0 Å². The molecule has 1 aliphatic rings. The van der Waals surface area contributed by atoms with Crippen LogP contribution in [0.3, 0.4) is 0 Å². The van der Waals surface area contributed by atoms with Crippen molar-refractivity contribution in [3.05, 3.63) is 39.8 Å². The van der Waals surface area contributed by atoms with Crippen molar-refractivity contribution in [3.8, 4) is 0 Å². The third-order valence-corrected chi connectivity index (χ3v) is 4.07. The maximum atomic E-state index is 6.02. The Labute approximate surface area is 123 Å². The van der Waals surface area contributed by atoms with Crippen LogP contribution in [0.2, 0.25) is 5.15 Å². The van der Waals surface area contributed by atoms with Crippen molar-refractivity contribution in [3.63, 3.8) is 0 Å². The van der Waals surface area contributed by atoms with Crippen LogP contribution in [0.15, 0.2) is 38.9 Å². The Morgan fingerprint density at radius 1 is 1.22 bits per heavy atom. The zero-order valence-electron chi connectivity index (χ0n) is 9.31. The summed E-state index contributed by atoms with van der Waals surface area (Å²) < 4.78 is 0.964. The molecule has 0 unspecified atom stereocenters. The molecule has 3 rings (SSSR count). The second-order valence-corrected chi connectivity index (χ2v) is 6.42. The Kier molecular flexibility index (Phi) is 3.54. The van der Waals surface area contributed by atoms with E-state index in [0.29, 0.717) is 11.1 Å². The first-order valence-corrected chi connectivity index (χ1v) is 7.53. The van der Waals surface area contributed by atoms with Crippen molar-refractivity contribution in [2.75, 3.05) is 0 Å². The highest BCUT2D eigenvalue weighted by molar-refractivity contribution is 9.10. The first-order valence-electron chi connectivity index (χ1n) is 5.54. The molecular weight excluding hydrogens is 334 g/mol. The third kappa shape index (κ3) is 3.02. The Bertz CT molecular complexity index is 572. The fraction of sp³-hybridized carbons (Fsp3) is 0.250. The highest BCUT2D eigenvalue weighted by atomic mass is 79.9. The van der Waals surface area contributed by atoms with Crippen LogP contribution in [-0.4, -0.2) is 15.0 Å².